The summed E-state index contributed by atoms with van der Waals surface area (Å²) in [6, 6.07) is 0. The lowest BCUT2D eigenvalue weighted by molar-refractivity contribution is 0.198. The molecule has 0 saturated carbocycles. The van der Waals surface area contributed by atoms with Gasteiger partial charge in [0.05, 0.1) is 0 Å². The molecule has 0 aromatic rings. The molecule has 0 fully saturated rings. The zero-order valence-corrected chi connectivity index (χ0v) is 7.22. The first-order valence-electron chi connectivity index (χ1n) is 3.56. The van der Waals surface area contributed by atoms with E-state index in [0.29, 0.717) is 0 Å². The first-order valence-corrected chi connectivity index (χ1v) is 3.56. The first-order chi connectivity index (χ1) is 4.92. The molecule has 0 aliphatic heterocycles. The standard InChI is InChI=1S/C8H15NO2/c1-8(2,3)5-4-6-9-7(10)11/h4,6,9H,5H2,1-3H3,(H,10,11)/b6-4-. The SMILES string of the molecule is CC(C)(C)C/C=C\NC(=O)O. The molecule has 3 nitrogen and oxygen atoms in total. The van der Waals surface area contributed by atoms with Crippen molar-refractivity contribution in [3.63, 3.8) is 0 Å². The smallest absolute Gasteiger partial charge is 0.408 e. The van der Waals surface area contributed by atoms with Gasteiger partial charge in [0.25, 0.3) is 0 Å². The van der Waals surface area contributed by atoms with Crippen molar-refractivity contribution in [1.29, 1.82) is 0 Å². The maximum atomic E-state index is 9.96. The fraction of sp³-hybridized carbons (Fsp3) is 0.625. The molecule has 0 rings (SSSR count). The third kappa shape index (κ3) is 9.01. The molecule has 11 heavy (non-hydrogen) atoms. The Morgan fingerprint density at radius 2 is 2.09 bits per heavy atom. The average molecular weight is 157 g/mol. The highest BCUT2D eigenvalue weighted by atomic mass is 16.4. The van der Waals surface area contributed by atoms with Gasteiger partial charge >= 0.3 is 6.09 Å². The van der Waals surface area contributed by atoms with Crippen LogP contribution in [0.25, 0.3) is 0 Å². The lowest BCUT2D eigenvalue weighted by atomic mass is 9.92. The number of allylic oxidation sites excluding steroid dienone is 1. The molecule has 0 atom stereocenters. The van der Waals surface area contributed by atoms with Gasteiger partial charge in [-0.25, -0.2) is 4.79 Å². The minimum atomic E-state index is -1.02. The molecular weight excluding hydrogens is 142 g/mol. The Hall–Kier alpha value is -0.990. The van der Waals surface area contributed by atoms with Crippen molar-refractivity contribution in [2.45, 2.75) is 27.2 Å². The van der Waals surface area contributed by atoms with Crippen LogP contribution in [0.15, 0.2) is 12.3 Å². The summed E-state index contributed by atoms with van der Waals surface area (Å²) in [7, 11) is 0. The molecule has 1 amide bonds. The number of hydrogen-bond acceptors (Lipinski definition) is 1. The molecular formula is C8H15NO2. The summed E-state index contributed by atoms with van der Waals surface area (Å²) in [6.45, 7) is 6.29. The van der Waals surface area contributed by atoms with Crippen LogP contribution in [0.2, 0.25) is 0 Å². The molecule has 3 heteroatoms. The molecule has 0 radical (unpaired) electrons. The summed E-state index contributed by atoms with van der Waals surface area (Å²) in [5.74, 6) is 0. The molecule has 0 saturated heterocycles. The van der Waals surface area contributed by atoms with Gasteiger partial charge in [-0.05, 0) is 11.8 Å². The van der Waals surface area contributed by atoms with E-state index in [1.54, 1.807) is 0 Å². The number of carbonyl (C=O) groups is 1. The highest BCUT2D eigenvalue weighted by Crippen LogP contribution is 2.18. The fourth-order valence-electron chi connectivity index (χ4n) is 0.543. The molecule has 0 aliphatic rings. The molecule has 0 aromatic heterocycles. The average Bonchev–Trinajstić information content (AvgIpc) is 1.78. The largest absolute Gasteiger partial charge is 0.465 e. The molecule has 0 aliphatic carbocycles. The van der Waals surface area contributed by atoms with E-state index in [1.165, 1.54) is 6.20 Å². The summed E-state index contributed by atoms with van der Waals surface area (Å²) in [5.41, 5.74) is 0.219. The highest BCUT2D eigenvalue weighted by molar-refractivity contribution is 5.65. The highest BCUT2D eigenvalue weighted by Gasteiger charge is 2.06. The first kappa shape index (κ1) is 10.0. The third-order valence-corrected chi connectivity index (χ3v) is 1.05. The summed E-state index contributed by atoms with van der Waals surface area (Å²) in [4.78, 5) is 9.96. The van der Waals surface area contributed by atoms with Crippen LogP contribution in [-0.4, -0.2) is 11.2 Å². The van der Waals surface area contributed by atoms with E-state index in [-0.39, 0.29) is 5.41 Å². The molecule has 0 aromatic carbocycles. The summed E-state index contributed by atoms with van der Waals surface area (Å²) < 4.78 is 0. The zero-order valence-electron chi connectivity index (χ0n) is 7.22. The van der Waals surface area contributed by atoms with Gasteiger partial charge in [0.2, 0.25) is 0 Å². The van der Waals surface area contributed by atoms with Crippen molar-refractivity contribution in [1.82, 2.24) is 5.32 Å². The van der Waals surface area contributed by atoms with E-state index in [4.69, 9.17) is 5.11 Å². The minimum absolute atomic E-state index is 0.219. The maximum absolute atomic E-state index is 9.96. The second-order valence-electron chi connectivity index (χ2n) is 3.62. The molecule has 64 valence electrons. The number of carboxylic acid groups (broad SMARTS) is 1. The van der Waals surface area contributed by atoms with Crippen molar-refractivity contribution in [2.75, 3.05) is 0 Å². The van der Waals surface area contributed by atoms with E-state index in [0.717, 1.165) is 6.42 Å². The Labute approximate surface area is 67.1 Å². The summed E-state index contributed by atoms with van der Waals surface area (Å²) >= 11 is 0. The topological polar surface area (TPSA) is 49.3 Å². The van der Waals surface area contributed by atoms with Crippen LogP contribution in [0.3, 0.4) is 0 Å². The van der Waals surface area contributed by atoms with Gasteiger partial charge in [-0.3, -0.25) is 5.32 Å². The number of rotatable bonds is 2. The van der Waals surface area contributed by atoms with Crippen molar-refractivity contribution in [3.05, 3.63) is 12.3 Å². The van der Waals surface area contributed by atoms with Crippen LogP contribution in [0.5, 0.6) is 0 Å². The zero-order chi connectivity index (χ0) is 8.91. The van der Waals surface area contributed by atoms with E-state index in [9.17, 15) is 4.79 Å². The summed E-state index contributed by atoms with van der Waals surface area (Å²) in [6.07, 6.45) is 3.12. The Morgan fingerprint density at radius 1 is 1.55 bits per heavy atom. The van der Waals surface area contributed by atoms with Crippen molar-refractivity contribution < 1.29 is 9.90 Å². The molecule has 2 N–H and O–H groups in total. The van der Waals surface area contributed by atoms with Gasteiger partial charge in [-0.1, -0.05) is 26.8 Å². The van der Waals surface area contributed by atoms with E-state index in [1.807, 2.05) is 6.08 Å². The molecule has 0 spiro atoms. The van der Waals surface area contributed by atoms with Gasteiger partial charge in [0.1, 0.15) is 0 Å². The van der Waals surface area contributed by atoms with Crippen LogP contribution in [0.4, 0.5) is 4.79 Å². The van der Waals surface area contributed by atoms with Gasteiger partial charge < -0.3 is 5.11 Å². The van der Waals surface area contributed by atoms with Gasteiger partial charge in [0.15, 0.2) is 0 Å². The number of nitrogens with one attached hydrogen (secondary N) is 1. The van der Waals surface area contributed by atoms with E-state index < -0.39 is 6.09 Å². The van der Waals surface area contributed by atoms with Crippen LogP contribution in [0, 0.1) is 5.41 Å². The predicted octanol–water partition coefficient (Wildman–Crippen LogP) is 2.20. The molecule has 0 bridgehead atoms. The van der Waals surface area contributed by atoms with Crippen LogP contribution in [0.1, 0.15) is 27.2 Å². The van der Waals surface area contributed by atoms with E-state index in [2.05, 4.69) is 26.1 Å². The summed E-state index contributed by atoms with van der Waals surface area (Å²) in [5, 5.41) is 10.3. The molecule has 0 heterocycles. The lowest BCUT2D eigenvalue weighted by Gasteiger charge is -2.14. The van der Waals surface area contributed by atoms with Crippen molar-refractivity contribution in [3.8, 4) is 0 Å². The number of hydrogen-bond donors (Lipinski definition) is 2. The monoisotopic (exact) mass is 157 g/mol. The molecule has 0 unspecified atom stereocenters. The van der Waals surface area contributed by atoms with Crippen LogP contribution in [-0.2, 0) is 0 Å². The Kier molecular flexibility index (Phi) is 3.65. The number of amides is 1. The Morgan fingerprint density at radius 3 is 2.45 bits per heavy atom. The van der Waals surface area contributed by atoms with E-state index >= 15 is 0 Å². The van der Waals surface area contributed by atoms with Gasteiger partial charge in [-0.15, -0.1) is 0 Å². The van der Waals surface area contributed by atoms with Crippen molar-refractivity contribution >= 4 is 6.09 Å². The fourth-order valence-corrected chi connectivity index (χ4v) is 0.543. The quantitative estimate of drug-likeness (QED) is 0.645. The lowest BCUT2D eigenvalue weighted by Crippen LogP contribution is -2.13. The van der Waals surface area contributed by atoms with Crippen LogP contribution < -0.4 is 5.32 Å². The van der Waals surface area contributed by atoms with Gasteiger partial charge in [-0.2, -0.15) is 0 Å². The normalized spacial score (nSPS) is 11.9. The minimum Gasteiger partial charge on any atom is -0.465 e. The van der Waals surface area contributed by atoms with Gasteiger partial charge in [0, 0.05) is 6.20 Å². The second kappa shape index (κ2) is 4.01. The maximum Gasteiger partial charge on any atom is 0.408 e. The Bertz CT molecular complexity index is 156. The van der Waals surface area contributed by atoms with Crippen LogP contribution >= 0.6 is 0 Å². The second-order valence-corrected chi connectivity index (χ2v) is 3.62. The predicted molar refractivity (Wildman–Crippen MR) is 44.4 cm³/mol. The third-order valence-electron chi connectivity index (χ3n) is 1.05. The van der Waals surface area contributed by atoms with Crippen molar-refractivity contribution in [2.24, 2.45) is 5.41 Å². The Balaban J connectivity index is 3.53.